The molecule has 210 valence electrons. The molecule has 12 heteroatoms. The molecule has 0 saturated heterocycles. The summed E-state index contributed by atoms with van der Waals surface area (Å²) in [6.07, 6.45) is 0. The van der Waals surface area contributed by atoms with Crippen molar-refractivity contribution in [2.75, 3.05) is 0 Å². The standard InChI is InChI=1S/C19H13ClO5S.C10H8O4S/c20-14-3-9-17(10-4-14)26(23,24)18-11-7-16(8-12-18)25-15-5-1-13(2-6-15)19(21)22;11-9-5-1-4-8-7(9)3-2-6-10(8)15(12,13)14/h1-12H,(H,21,22);1-6,11H,(H,12,13,14). The summed E-state index contributed by atoms with van der Waals surface area (Å²) in [7, 11) is -7.90. The third kappa shape index (κ3) is 7.02. The monoisotopic (exact) mass is 612 g/mol. The van der Waals surface area contributed by atoms with E-state index in [9.17, 15) is 26.7 Å². The Morgan fingerprint density at radius 1 is 0.659 bits per heavy atom. The fraction of sp³-hybridized carbons (Fsp3) is 0. The molecule has 0 aliphatic carbocycles. The summed E-state index contributed by atoms with van der Waals surface area (Å²) in [6.45, 7) is 0. The van der Waals surface area contributed by atoms with Crippen LogP contribution < -0.4 is 4.74 Å². The number of hydrogen-bond acceptors (Lipinski definition) is 7. The highest BCUT2D eigenvalue weighted by molar-refractivity contribution is 7.91. The maximum atomic E-state index is 12.6. The van der Waals surface area contributed by atoms with Gasteiger partial charge in [0.15, 0.2) is 0 Å². The SMILES string of the molecule is O=C(O)c1ccc(Oc2ccc(S(=O)(=O)c3ccc(Cl)cc3)cc2)cc1.O=S(=O)(O)c1cccc2c(O)cccc12. The van der Waals surface area contributed by atoms with Gasteiger partial charge in [-0.1, -0.05) is 35.9 Å². The Kier molecular flexibility index (Phi) is 8.64. The van der Waals surface area contributed by atoms with Crippen LogP contribution in [0.3, 0.4) is 0 Å². The number of fused-ring (bicyclic) bond motifs is 1. The smallest absolute Gasteiger partial charge is 0.335 e. The van der Waals surface area contributed by atoms with E-state index in [4.69, 9.17) is 26.0 Å². The Hall–Kier alpha value is -4.42. The van der Waals surface area contributed by atoms with Crippen LogP contribution >= 0.6 is 11.6 Å². The Labute approximate surface area is 240 Å². The van der Waals surface area contributed by atoms with Gasteiger partial charge in [-0.2, -0.15) is 8.42 Å². The van der Waals surface area contributed by atoms with Gasteiger partial charge in [0.05, 0.1) is 15.4 Å². The fourth-order valence-corrected chi connectivity index (χ4v) is 5.82. The Morgan fingerprint density at radius 3 is 1.68 bits per heavy atom. The molecule has 0 radical (unpaired) electrons. The largest absolute Gasteiger partial charge is 0.507 e. The zero-order valence-corrected chi connectivity index (χ0v) is 23.3. The maximum Gasteiger partial charge on any atom is 0.335 e. The molecule has 0 amide bonds. The molecule has 0 heterocycles. The Balaban J connectivity index is 0.000000218. The molecule has 5 aromatic carbocycles. The van der Waals surface area contributed by atoms with Gasteiger partial charge in [-0.15, -0.1) is 0 Å². The van der Waals surface area contributed by atoms with Gasteiger partial charge in [-0.3, -0.25) is 4.55 Å². The first-order chi connectivity index (χ1) is 19.4. The minimum Gasteiger partial charge on any atom is -0.507 e. The van der Waals surface area contributed by atoms with E-state index in [1.165, 1.54) is 103 Å². The maximum absolute atomic E-state index is 12.6. The Morgan fingerprint density at radius 2 is 1.15 bits per heavy atom. The van der Waals surface area contributed by atoms with Crippen LogP contribution in [0.15, 0.2) is 124 Å². The number of rotatable bonds is 6. The molecule has 0 bridgehead atoms. The summed E-state index contributed by atoms with van der Waals surface area (Å²) in [4.78, 5) is 10.9. The van der Waals surface area contributed by atoms with Gasteiger partial charge in [0, 0.05) is 15.8 Å². The van der Waals surface area contributed by atoms with E-state index in [0.717, 1.165) is 0 Å². The van der Waals surface area contributed by atoms with Crippen LogP contribution in [0.1, 0.15) is 10.4 Å². The molecule has 0 fully saturated rings. The zero-order chi connectivity index (χ0) is 29.8. The number of carbonyl (C=O) groups is 1. The second-order valence-electron chi connectivity index (χ2n) is 8.46. The van der Waals surface area contributed by atoms with E-state index < -0.39 is 25.9 Å². The normalized spacial score (nSPS) is 11.4. The van der Waals surface area contributed by atoms with Crippen LogP contribution in [0, 0.1) is 0 Å². The van der Waals surface area contributed by atoms with Crippen LogP contribution in [-0.4, -0.2) is 37.6 Å². The number of phenolic OH excluding ortho intramolecular Hbond substituents is 1. The average Bonchev–Trinajstić information content (AvgIpc) is 2.94. The molecular weight excluding hydrogens is 592 g/mol. The van der Waals surface area contributed by atoms with Crippen molar-refractivity contribution in [3.8, 4) is 17.2 Å². The number of carboxylic acids is 1. The summed E-state index contributed by atoms with van der Waals surface area (Å²) in [6, 6.07) is 26.7. The van der Waals surface area contributed by atoms with E-state index in [1.807, 2.05) is 0 Å². The van der Waals surface area contributed by atoms with E-state index >= 15 is 0 Å². The van der Waals surface area contributed by atoms with Crippen LogP contribution in [0.2, 0.25) is 5.02 Å². The first-order valence-corrected chi connectivity index (χ1v) is 15.0. The van der Waals surface area contributed by atoms with E-state index in [1.54, 1.807) is 6.07 Å². The molecule has 0 aliphatic heterocycles. The van der Waals surface area contributed by atoms with Crippen molar-refractivity contribution in [1.82, 2.24) is 0 Å². The van der Waals surface area contributed by atoms with Crippen molar-refractivity contribution in [2.24, 2.45) is 0 Å². The van der Waals surface area contributed by atoms with Gasteiger partial charge in [0.2, 0.25) is 9.84 Å². The lowest BCUT2D eigenvalue weighted by atomic mass is 10.1. The van der Waals surface area contributed by atoms with Crippen LogP contribution in [0.5, 0.6) is 17.2 Å². The minimum atomic E-state index is -4.26. The minimum absolute atomic E-state index is 0.0157. The molecule has 41 heavy (non-hydrogen) atoms. The van der Waals surface area contributed by atoms with Gasteiger partial charge in [0.1, 0.15) is 22.1 Å². The summed E-state index contributed by atoms with van der Waals surface area (Å²) in [5.41, 5.74) is 0.154. The van der Waals surface area contributed by atoms with E-state index in [2.05, 4.69) is 0 Å². The summed E-state index contributed by atoms with van der Waals surface area (Å²) < 4.78 is 61.8. The highest BCUT2D eigenvalue weighted by atomic mass is 35.5. The van der Waals surface area contributed by atoms with Crippen molar-refractivity contribution < 1.29 is 41.1 Å². The topological polar surface area (TPSA) is 155 Å². The average molecular weight is 613 g/mol. The number of halogens is 1. The lowest BCUT2D eigenvalue weighted by Crippen LogP contribution is -2.01. The van der Waals surface area contributed by atoms with Crippen LogP contribution in [0.4, 0.5) is 0 Å². The van der Waals surface area contributed by atoms with Crippen molar-refractivity contribution in [3.05, 3.63) is 120 Å². The zero-order valence-electron chi connectivity index (χ0n) is 20.9. The number of ether oxygens (including phenoxy) is 1. The molecule has 0 spiro atoms. The highest BCUT2D eigenvalue weighted by Gasteiger charge is 2.18. The highest BCUT2D eigenvalue weighted by Crippen LogP contribution is 2.29. The van der Waals surface area contributed by atoms with Crippen molar-refractivity contribution in [1.29, 1.82) is 0 Å². The second kappa shape index (κ2) is 12.0. The van der Waals surface area contributed by atoms with Crippen molar-refractivity contribution in [3.63, 3.8) is 0 Å². The first kappa shape index (κ1) is 29.6. The number of sulfone groups is 1. The lowest BCUT2D eigenvalue weighted by Gasteiger charge is -2.08. The predicted molar refractivity (Wildman–Crippen MR) is 152 cm³/mol. The number of benzene rings is 5. The molecule has 0 aliphatic rings. The molecule has 5 rings (SSSR count). The summed E-state index contributed by atoms with van der Waals surface area (Å²) >= 11 is 5.79. The van der Waals surface area contributed by atoms with Crippen molar-refractivity contribution >= 4 is 48.3 Å². The molecule has 0 saturated carbocycles. The Bertz CT molecular complexity index is 1920. The van der Waals surface area contributed by atoms with Crippen LogP contribution in [-0.2, 0) is 20.0 Å². The van der Waals surface area contributed by atoms with Gasteiger partial charge < -0.3 is 14.9 Å². The summed E-state index contributed by atoms with van der Waals surface area (Å²) in [5, 5.41) is 19.5. The lowest BCUT2D eigenvalue weighted by molar-refractivity contribution is 0.0696. The van der Waals surface area contributed by atoms with Crippen LogP contribution in [0.25, 0.3) is 10.8 Å². The van der Waals surface area contributed by atoms with E-state index in [-0.39, 0.29) is 26.0 Å². The van der Waals surface area contributed by atoms with Gasteiger partial charge in [0.25, 0.3) is 10.1 Å². The molecule has 0 unspecified atom stereocenters. The second-order valence-corrected chi connectivity index (χ2v) is 12.2. The number of phenols is 1. The number of aromatic carboxylic acids is 1. The quantitative estimate of drug-likeness (QED) is 0.183. The number of aromatic hydroxyl groups is 1. The summed E-state index contributed by atoms with van der Waals surface area (Å²) in [5.74, 6) is -0.155. The molecule has 0 aromatic heterocycles. The van der Waals surface area contributed by atoms with E-state index in [0.29, 0.717) is 27.3 Å². The molecule has 3 N–H and O–H groups in total. The molecule has 0 atom stereocenters. The third-order valence-corrected chi connectivity index (χ3v) is 8.68. The van der Waals surface area contributed by atoms with Gasteiger partial charge >= 0.3 is 5.97 Å². The van der Waals surface area contributed by atoms with Crippen molar-refractivity contribution in [2.45, 2.75) is 14.7 Å². The fourth-order valence-electron chi connectivity index (χ4n) is 3.73. The van der Waals surface area contributed by atoms with Gasteiger partial charge in [-0.05, 0) is 84.9 Å². The molecule has 9 nitrogen and oxygen atoms in total. The predicted octanol–water partition coefficient (Wildman–Crippen LogP) is 6.46. The molecule has 5 aromatic rings. The first-order valence-electron chi connectivity index (χ1n) is 11.7. The third-order valence-electron chi connectivity index (χ3n) is 5.73. The molecular formula is C29H21ClO9S2. The van der Waals surface area contributed by atoms with Gasteiger partial charge in [-0.25, -0.2) is 13.2 Å². The number of carboxylic acid groups (broad SMARTS) is 1. The number of hydrogen-bond donors (Lipinski definition) is 3.